The molecule has 1 saturated heterocycles. The maximum atomic E-state index is 12.1. The van der Waals surface area contributed by atoms with Crippen LogP contribution >= 0.6 is 34.5 Å². The van der Waals surface area contributed by atoms with Gasteiger partial charge in [0.25, 0.3) is 0 Å². The summed E-state index contributed by atoms with van der Waals surface area (Å²) < 4.78 is 5.39. The Kier molecular flexibility index (Phi) is 5.72. The van der Waals surface area contributed by atoms with Crippen molar-refractivity contribution in [3.63, 3.8) is 0 Å². The van der Waals surface area contributed by atoms with Crippen LogP contribution in [-0.2, 0) is 4.79 Å². The normalized spacial score (nSPS) is 15.0. The fraction of sp³-hybridized carbons (Fsp3) is 0.312. The summed E-state index contributed by atoms with van der Waals surface area (Å²) in [7, 11) is 0. The fourth-order valence-electron chi connectivity index (χ4n) is 2.83. The van der Waals surface area contributed by atoms with Crippen molar-refractivity contribution in [2.45, 2.75) is 0 Å². The zero-order chi connectivity index (χ0) is 19.5. The second-order valence-corrected chi connectivity index (χ2v) is 7.82. The van der Waals surface area contributed by atoms with E-state index >= 15 is 0 Å². The minimum atomic E-state index is -0.108. The molecule has 1 fully saturated rings. The van der Waals surface area contributed by atoms with E-state index in [2.05, 4.69) is 30.6 Å². The monoisotopic (exact) mass is 439 g/mol. The Hall–Kier alpha value is -2.27. The highest BCUT2D eigenvalue weighted by atomic mass is 35.5. The molecule has 1 N–H and O–H groups in total. The van der Waals surface area contributed by atoms with Crippen LogP contribution in [0.2, 0.25) is 10.0 Å². The van der Waals surface area contributed by atoms with E-state index in [0.717, 1.165) is 0 Å². The van der Waals surface area contributed by atoms with Gasteiger partial charge < -0.3 is 9.42 Å². The maximum absolute atomic E-state index is 12.1. The van der Waals surface area contributed by atoms with Gasteiger partial charge in [0.15, 0.2) is 0 Å². The van der Waals surface area contributed by atoms with Gasteiger partial charge in [-0.15, -0.1) is 10.2 Å². The number of halogens is 2. The van der Waals surface area contributed by atoms with E-state index in [1.807, 2.05) is 4.90 Å². The van der Waals surface area contributed by atoms with Gasteiger partial charge >= 0.3 is 6.01 Å². The Balaban J connectivity index is 1.33. The number of amides is 1. The zero-order valence-electron chi connectivity index (χ0n) is 14.5. The van der Waals surface area contributed by atoms with Crippen LogP contribution in [0.15, 0.2) is 28.2 Å². The number of hydrogen-bond donors (Lipinski definition) is 1. The standard InChI is InChI=1S/C16H15Cl2N7O2S/c17-11-5-10(6-12(18)7-11)14-21-16(27-23-14)25-3-1-24(2-4-25)8-13(26)20-15-22-19-9-28-15/h5-7,9H,1-4,8H2,(H,20,22,26). The predicted molar refractivity (Wildman–Crippen MR) is 107 cm³/mol. The Morgan fingerprint density at radius 2 is 1.93 bits per heavy atom. The second kappa shape index (κ2) is 8.39. The number of nitrogens with zero attached hydrogens (tertiary/aromatic N) is 6. The van der Waals surface area contributed by atoms with E-state index in [-0.39, 0.29) is 5.91 Å². The van der Waals surface area contributed by atoms with Crippen LogP contribution in [-0.4, -0.2) is 63.9 Å². The van der Waals surface area contributed by atoms with Gasteiger partial charge in [-0.3, -0.25) is 15.0 Å². The van der Waals surface area contributed by atoms with Crippen molar-refractivity contribution >= 4 is 51.6 Å². The molecule has 0 spiro atoms. The van der Waals surface area contributed by atoms with Crippen LogP contribution in [0.3, 0.4) is 0 Å². The summed E-state index contributed by atoms with van der Waals surface area (Å²) in [6, 6.07) is 5.55. The summed E-state index contributed by atoms with van der Waals surface area (Å²) in [4.78, 5) is 20.5. The molecule has 146 valence electrons. The molecule has 1 aliphatic rings. The van der Waals surface area contributed by atoms with E-state index < -0.39 is 0 Å². The van der Waals surface area contributed by atoms with Crippen molar-refractivity contribution in [1.29, 1.82) is 0 Å². The lowest BCUT2D eigenvalue weighted by molar-refractivity contribution is -0.117. The predicted octanol–water partition coefficient (Wildman–Crippen LogP) is 2.66. The molecule has 9 nitrogen and oxygen atoms in total. The smallest absolute Gasteiger partial charge is 0.322 e. The molecule has 3 aromatic rings. The molecule has 0 bridgehead atoms. The minimum absolute atomic E-state index is 0.108. The van der Waals surface area contributed by atoms with Gasteiger partial charge in [0.1, 0.15) is 5.51 Å². The third-order valence-electron chi connectivity index (χ3n) is 4.15. The molecule has 1 aliphatic heterocycles. The molecule has 0 aliphatic carbocycles. The number of carbonyl (C=O) groups is 1. The third kappa shape index (κ3) is 4.58. The summed E-state index contributed by atoms with van der Waals surface area (Å²) in [6.45, 7) is 3.03. The fourth-order valence-corrected chi connectivity index (χ4v) is 3.82. The van der Waals surface area contributed by atoms with Crippen molar-refractivity contribution in [2.24, 2.45) is 0 Å². The van der Waals surface area contributed by atoms with Gasteiger partial charge in [0, 0.05) is 41.8 Å². The Bertz CT molecular complexity index is 938. The average Bonchev–Trinajstić information content (AvgIpc) is 3.33. The maximum Gasteiger partial charge on any atom is 0.324 e. The molecule has 2 aromatic heterocycles. The molecule has 0 atom stereocenters. The van der Waals surface area contributed by atoms with Crippen LogP contribution in [0, 0.1) is 0 Å². The van der Waals surface area contributed by atoms with Gasteiger partial charge in [-0.05, 0) is 18.2 Å². The lowest BCUT2D eigenvalue weighted by Crippen LogP contribution is -2.48. The van der Waals surface area contributed by atoms with Gasteiger partial charge in [-0.2, -0.15) is 4.98 Å². The third-order valence-corrected chi connectivity index (χ3v) is 5.20. The average molecular weight is 440 g/mol. The highest BCUT2D eigenvalue weighted by molar-refractivity contribution is 7.13. The van der Waals surface area contributed by atoms with Crippen molar-refractivity contribution in [2.75, 3.05) is 42.9 Å². The molecule has 4 rings (SSSR count). The number of piperazine rings is 1. The second-order valence-electron chi connectivity index (χ2n) is 6.11. The van der Waals surface area contributed by atoms with Crippen LogP contribution in [0.4, 0.5) is 11.1 Å². The summed E-state index contributed by atoms with van der Waals surface area (Å²) in [5.41, 5.74) is 2.27. The van der Waals surface area contributed by atoms with Crippen LogP contribution in [0.25, 0.3) is 11.4 Å². The summed E-state index contributed by atoms with van der Waals surface area (Å²) in [5.74, 6) is 0.321. The largest absolute Gasteiger partial charge is 0.324 e. The van der Waals surface area contributed by atoms with Gasteiger partial charge in [-0.1, -0.05) is 39.7 Å². The molecule has 12 heteroatoms. The number of aromatic nitrogens is 4. The molecule has 1 aromatic carbocycles. The Morgan fingerprint density at radius 1 is 1.18 bits per heavy atom. The molecule has 3 heterocycles. The van der Waals surface area contributed by atoms with Crippen molar-refractivity contribution in [3.8, 4) is 11.4 Å². The highest BCUT2D eigenvalue weighted by Gasteiger charge is 2.23. The number of benzene rings is 1. The van der Waals surface area contributed by atoms with Crippen LogP contribution < -0.4 is 10.2 Å². The Labute approximate surface area is 174 Å². The zero-order valence-corrected chi connectivity index (χ0v) is 16.8. The first kappa shape index (κ1) is 19.1. The van der Waals surface area contributed by atoms with E-state index in [0.29, 0.717) is 65.3 Å². The van der Waals surface area contributed by atoms with E-state index in [1.54, 1.807) is 23.7 Å². The lowest BCUT2D eigenvalue weighted by Gasteiger charge is -2.32. The summed E-state index contributed by atoms with van der Waals surface area (Å²) in [6.07, 6.45) is 0. The van der Waals surface area contributed by atoms with E-state index in [9.17, 15) is 4.79 Å². The molecule has 1 amide bonds. The summed E-state index contributed by atoms with van der Waals surface area (Å²) in [5, 5.41) is 15.8. The molecule has 0 unspecified atom stereocenters. The van der Waals surface area contributed by atoms with Crippen molar-refractivity contribution in [1.82, 2.24) is 25.2 Å². The summed E-state index contributed by atoms with van der Waals surface area (Å²) >= 11 is 13.4. The molecular weight excluding hydrogens is 425 g/mol. The Morgan fingerprint density at radius 3 is 2.61 bits per heavy atom. The number of rotatable bonds is 5. The number of nitrogens with one attached hydrogen (secondary N) is 1. The van der Waals surface area contributed by atoms with Crippen molar-refractivity contribution < 1.29 is 9.32 Å². The van der Waals surface area contributed by atoms with Crippen LogP contribution in [0.5, 0.6) is 0 Å². The van der Waals surface area contributed by atoms with E-state index in [4.69, 9.17) is 27.7 Å². The first-order valence-corrected chi connectivity index (χ1v) is 10.0. The van der Waals surface area contributed by atoms with Crippen LogP contribution in [0.1, 0.15) is 0 Å². The quantitative estimate of drug-likeness (QED) is 0.647. The first-order valence-electron chi connectivity index (χ1n) is 8.40. The van der Waals surface area contributed by atoms with Gasteiger partial charge in [-0.25, -0.2) is 0 Å². The number of carbonyl (C=O) groups excluding carboxylic acids is 1. The van der Waals surface area contributed by atoms with Crippen molar-refractivity contribution in [3.05, 3.63) is 33.8 Å². The molecule has 28 heavy (non-hydrogen) atoms. The topological polar surface area (TPSA) is 100 Å². The minimum Gasteiger partial charge on any atom is -0.322 e. The molecular formula is C16H15Cl2N7O2S. The van der Waals surface area contributed by atoms with E-state index in [1.165, 1.54) is 11.3 Å². The van der Waals surface area contributed by atoms with Gasteiger partial charge in [0.05, 0.1) is 6.54 Å². The number of anilines is 2. The lowest BCUT2D eigenvalue weighted by atomic mass is 10.2. The first-order chi connectivity index (χ1) is 13.6. The SMILES string of the molecule is O=C(CN1CCN(c2nc(-c3cc(Cl)cc(Cl)c3)no2)CC1)Nc1nncs1. The van der Waals surface area contributed by atoms with Gasteiger partial charge in [0.2, 0.25) is 16.9 Å². The highest BCUT2D eigenvalue weighted by Crippen LogP contribution is 2.27. The molecule has 0 saturated carbocycles. The number of hydrogen-bond acceptors (Lipinski definition) is 9. The molecule has 0 radical (unpaired) electrons.